The van der Waals surface area contributed by atoms with Gasteiger partial charge in [0.25, 0.3) is 0 Å². The van der Waals surface area contributed by atoms with Crippen molar-refractivity contribution < 1.29 is 14.7 Å². The largest absolute Gasteiger partial charge is 0.387 e. The van der Waals surface area contributed by atoms with Gasteiger partial charge in [0.2, 0.25) is 11.8 Å². The van der Waals surface area contributed by atoms with Gasteiger partial charge in [0.05, 0.1) is 27.2 Å². The lowest BCUT2D eigenvalue weighted by molar-refractivity contribution is -0.122. The molecule has 0 radical (unpaired) electrons. The van der Waals surface area contributed by atoms with Gasteiger partial charge in [0, 0.05) is 23.5 Å². The highest BCUT2D eigenvalue weighted by Gasteiger charge is 2.31. The van der Waals surface area contributed by atoms with Crippen molar-refractivity contribution in [2.24, 2.45) is 0 Å². The van der Waals surface area contributed by atoms with Gasteiger partial charge in [-0.25, -0.2) is 0 Å². The summed E-state index contributed by atoms with van der Waals surface area (Å²) >= 11 is 12.5. The summed E-state index contributed by atoms with van der Waals surface area (Å²) in [6.07, 6.45) is 0. The number of amides is 2. The molecule has 0 unspecified atom stereocenters. The summed E-state index contributed by atoms with van der Waals surface area (Å²) < 4.78 is 0. The molecule has 0 spiro atoms. The highest BCUT2D eigenvalue weighted by atomic mass is 35.5. The predicted octanol–water partition coefficient (Wildman–Crippen LogP) is 2.74. The van der Waals surface area contributed by atoms with Crippen LogP contribution < -0.4 is 10.6 Å². The Labute approximate surface area is 148 Å². The number of rotatable bonds is 2. The van der Waals surface area contributed by atoms with Crippen molar-refractivity contribution in [2.75, 3.05) is 18.5 Å². The minimum Gasteiger partial charge on any atom is -0.387 e. The monoisotopic (exact) mass is 369 g/mol. The smallest absolute Gasteiger partial charge is 0.250 e. The number of aliphatic hydroxyl groups excluding tert-OH is 1. The first kappa shape index (κ1) is 17.1. The molecule has 1 aromatic heterocycles. The lowest BCUT2D eigenvalue weighted by Crippen LogP contribution is -2.27. The van der Waals surface area contributed by atoms with E-state index in [4.69, 9.17) is 28.3 Å². The van der Waals surface area contributed by atoms with E-state index in [-0.39, 0.29) is 16.8 Å². The van der Waals surface area contributed by atoms with Gasteiger partial charge < -0.3 is 20.7 Å². The van der Waals surface area contributed by atoms with Crippen molar-refractivity contribution in [3.05, 3.63) is 27.4 Å². The second kappa shape index (κ2) is 6.27. The molecule has 1 aromatic carbocycles. The Morgan fingerprint density at radius 2 is 2.12 bits per heavy atom. The van der Waals surface area contributed by atoms with Crippen molar-refractivity contribution in [1.29, 1.82) is 0 Å². The van der Waals surface area contributed by atoms with E-state index in [1.54, 1.807) is 6.92 Å². The van der Waals surface area contributed by atoms with Gasteiger partial charge in [-0.15, -0.1) is 0 Å². The van der Waals surface area contributed by atoms with Crippen LogP contribution in [0.15, 0.2) is 6.07 Å². The summed E-state index contributed by atoms with van der Waals surface area (Å²) in [7, 11) is 0. The van der Waals surface area contributed by atoms with Crippen LogP contribution in [0.1, 0.15) is 36.9 Å². The Bertz CT molecular complexity index is 847. The molecule has 0 fully saturated rings. The summed E-state index contributed by atoms with van der Waals surface area (Å²) in [5.74, 6) is -1.02. The summed E-state index contributed by atoms with van der Waals surface area (Å²) in [6.45, 7) is 3.65. The standard InChI is InChI=1S/C16H17Cl2N3O3/c1-6-4-19-16(24)7(2)11-12-9(20-10(23)5-22)3-8(17)13(18)15(12)21-14(6)11/h3,6-7,21-22H,4-5H2,1-2H3,(H,19,24)(H,20,23)/t6-,7-/m1/s1. The lowest BCUT2D eigenvalue weighted by atomic mass is 9.93. The molecule has 1 aliphatic heterocycles. The third-order valence-electron chi connectivity index (χ3n) is 4.36. The molecule has 2 atom stereocenters. The van der Waals surface area contributed by atoms with E-state index in [0.29, 0.717) is 28.2 Å². The van der Waals surface area contributed by atoms with E-state index in [2.05, 4.69) is 15.6 Å². The van der Waals surface area contributed by atoms with Gasteiger partial charge in [-0.2, -0.15) is 0 Å². The second-order valence-corrected chi connectivity index (χ2v) is 6.78. The normalized spacial score (nSPS) is 20.5. The number of benzene rings is 1. The molecule has 128 valence electrons. The van der Waals surface area contributed by atoms with E-state index in [1.807, 2.05) is 6.92 Å². The lowest BCUT2D eigenvalue weighted by Gasteiger charge is -2.13. The summed E-state index contributed by atoms with van der Waals surface area (Å²) in [5.41, 5.74) is 2.68. The fraction of sp³-hybridized carbons (Fsp3) is 0.375. The second-order valence-electron chi connectivity index (χ2n) is 6.00. The van der Waals surface area contributed by atoms with Gasteiger partial charge in [0.15, 0.2) is 0 Å². The molecule has 2 heterocycles. The SMILES string of the molecule is C[C@@H]1CNC(=O)[C@H](C)c2c1[nH]c1c(Cl)c(Cl)cc(NC(=O)CO)c21. The van der Waals surface area contributed by atoms with Gasteiger partial charge in [-0.05, 0) is 18.6 Å². The van der Waals surface area contributed by atoms with Crippen LogP contribution in [0.3, 0.4) is 0 Å². The Balaban J connectivity index is 2.35. The van der Waals surface area contributed by atoms with E-state index in [0.717, 1.165) is 11.3 Å². The van der Waals surface area contributed by atoms with Crippen molar-refractivity contribution in [3.8, 4) is 0 Å². The summed E-state index contributed by atoms with van der Waals surface area (Å²) in [6, 6.07) is 1.54. The molecule has 0 bridgehead atoms. The van der Waals surface area contributed by atoms with Crippen molar-refractivity contribution in [3.63, 3.8) is 0 Å². The van der Waals surface area contributed by atoms with Gasteiger partial charge in [0.1, 0.15) is 6.61 Å². The van der Waals surface area contributed by atoms with E-state index in [1.165, 1.54) is 6.07 Å². The van der Waals surface area contributed by atoms with Crippen LogP contribution in [0.5, 0.6) is 0 Å². The van der Waals surface area contributed by atoms with Crippen LogP contribution in [-0.4, -0.2) is 35.1 Å². The Kier molecular flexibility index (Phi) is 4.46. The van der Waals surface area contributed by atoms with Gasteiger partial charge in [-0.3, -0.25) is 9.59 Å². The molecule has 2 aromatic rings. The van der Waals surface area contributed by atoms with Crippen molar-refractivity contribution in [1.82, 2.24) is 10.3 Å². The number of carbonyl (C=O) groups excluding carboxylic acids is 2. The number of hydrogen-bond donors (Lipinski definition) is 4. The highest BCUT2D eigenvalue weighted by Crippen LogP contribution is 2.44. The summed E-state index contributed by atoms with van der Waals surface area (Å²) in [4.78, 5) is 27.2. The molecule has 0 aliphatic carbocycles. The minimum atomic E-state index is -0.652. The van der Waals surface area contributed by atoms with Crippen molar-refractivity contribution in [2.45, 2.75) is 25.7 Å². The number of fused-ring (bicyclic) bond motifs is 3. The minimum absolute atomic E-state index is 0.0533. The highest BCUT2D eigenvalue weighted by molar-refractivity contribution is 6.45. The number of aliphatic hydroxyl groups is 1. The van der Waals surface area contributed by atoms with Crippen LogP contribution >= 0.6 is 23.2 Å². The first-order valence-corrected chi connectivity index (χ1v) is 8.32. The average Bonchev–Trinajstić information content (AvgIpc) is 2.92. The fourth-order valence-corrected chi connectivity index (χ4v) is 3.53. The first-order valence-electron chi connectivity index (χ1n) is 7.57. The fourth-order valence-electron chi connectivity index (χ4n) is 3.13. The Morgan fingerprint density at radius 3 is 2.79 bits per heavy atom. The zero-order valence-electron chi connectivity index (χ0n) is 13.2. The average molecular weight is 370 g/mol. The molecule has 3 rings (SSSR count). The maximum absolute atomic E-state index is 12.3. The molecule has 6 nitrogen and oxygen atoms in total. The molecule has 1 aliphatic rings. The van der Waals surface area contributed by atoms with Crippen LogP contribution in [0.4, 0.5) is 5.69 Å². The van der Waals surface area contributed by atoms with Crippen LogP contribution in [-0.2, 0) is 9.59 Å². The van der Waals surface area contributed by atoms with E-state index < -0.39 is 18.4 Å². The third kappa shape index (κ3) is 2.64. The van der Waals surface area contributed by atoms with Gasteiger partial charge in [-0.1, -0.05) is 30.1 Å². The first-order chi connectivity index (χ1) is 11.3. The maximum atomic E-state index is 12.3. The van der Waals surface area contributed by atoms with Crippen LogP contribution in [0, 0.1) is 0 Å². The zero-order valence-corrected chi connectivity index (χ0v) is 14.7. The zero-order chi connectivity index (χ0) is 17.6. The summed E-state index contributed by atoms with van der Waals surface area (Å²) in [5, 5.41) is 15.8. The number of nitrogens with one attached hydrogen (secondary N) is 3. The van der Waals surface area contributed by atoms with Gasteiger partial charge >= 0.3 is 0 Å². The third-order valence-corrected chi connectivity index (χ3v) is 5.15. The predicted molar refractivity (Wildman–Crippen MR) is 93.9 cm³/mol. The molecular formula is C16H17Cl2N3O3. The van der Waals surface area contributed by atoms with E-state index >= 15 is 0 Å². The molecule has 0 saturated carbocycles. The number of hydrogen-bond acceptors (Lipinski definition) is 3. The van der Waals surface area contributed by atoms with Crippen LogP contribution in [0.25, 0.3) is 10.9 Å². The van der Waals surface area contributed by atoms with Crippen LogP contribution in [0.2, 0.25) is 10.0 Å². The number of halogens is 2. The molecule has 24 heavy (non-hydrogen) atoms. The molecule has 4 N–H and O–H groups in total. The van der Waals surface area contributed by atoms with Crippen molar-refractivity contribution >= 4 is 51.6 Å². The number of H-pyrrole nitrogens is 1. The Morgan fingerprint density at radius 1 is 1.42 bits per heavy atom. The van der Waals surface area contributed by atoms with E-state index in [9.17, 15) is 9.59 Å². The maximum Gasteiger partial charge on any atom is 0.250 e. The Hall–Kier alpha value is -1.76. The number of carbonyl (C=O) groups is 2. The number of aromatic amines is 1. The molecule has 8 heteroatoms. The number of anilines is 1. The molecule has 2 amide bonds. The topological polar surface area (TPSA) is 94.2 Å². The number of aromatic nitrogens is 1. The molecule has 0 saturated heterocycles. The molecular weight excluding hydrogens is 353 g/mol. The quantitative estimate of drug-likeness (QED) is 0.655.